The summed E-state index contributed by atoms with van der Waals surface area (Å²) in [6, 6.07) is 9.91. The first kappa shape index (κ1) is 24.8. The van der Waals surface area contributed by atoms with Gasteiger partial charge < -0.3 is 19.0 Å². The van der Waals surface area contributed by atoms with Gasteiger partial charge in [0.25, 0.3) is 0 Å². The van der Waals surface area contributed by atoms with Crippen molar-refractivity contribution in [2.45, 2.75) is 103 Å². The highest BCUT2D eigenvalue weighted by Gasteiger charge is 2.51. The Hall–Kier alpha value is -1.86. The van der Waals surface area contributed by atoms with Crippen molar-refractivity contribution in [1.82, 2.24) is 9.80 Å². The molecule has 0 radical (unpaired) electrons. The molecule has 0 aliphatic carbocycles. The summed E-state index contributed by atoms with van der Waals surface area (Å²) in [4.78, 5) is 29.4. The van der Waals surface area contributed by atoms with E-state index in [0.717, 1.165) is 12.0 Å². The molecule has 2 amide bonds. The highest BCUT2D eigenvalue weighted by molar-refractivity contribution is 6.74. The van der Waals surface area contributed by atoms with Crippen molar-refractivity contribution in [3.05, 3.63) is 35.9 Å². The maximum Gasteiger partial charge on any atom is 0.410 e. The average Bonchev–Trinajstić information content (AvgIpc) is 3.05. The Balaban J connectivity index is 1.80. The largest absolute Gasteiger partial charge is 0.444 e. The summed E-state index contributed by atoms with van der Waals surface area (Å²) < 4.78 is 12.4. The molecule has 2 fully saturated rings. The molecule has 1 aromatic rings. The summed E-state index contributed by atoms with van der Waals surface area (Å²) in [6.07, 6.45) is 0.837. The van der Waals surface area contributed by atoms with E-state index in [1.807, 2.05) is 60.9 Å². The number of benzene rings is 1. The second kappa shape index (κ2) is 8.82. The molecule has 32 heavy (non-hydrogen) atoms. The van der Waals surface area contributed by atoms with E-state index in [9.17, 15) is 9.59 Å². The van der Waals surface area contributed by atoms with Crippen LogP contribution in [0.1, 0.15) is 59.9 Å². The normalized spacial score (nSPS) is 24.5. The second-order valence-electron chi connectivity index (χ2n) is 11.7. The minimum absolute atomic E-state index is 0.0109. The molecule has 2 saturated heterocycles. The predicted molar refractivity (Wildman–Crippen MR) is 129 cm³/mol. The van der Waals surface area contributed by atoms with Crippen LogP contribution in [0, 0.1) is 0 Å². The van der Waals surface area contributed by atoms with Crippen LogP contribution in [0.4, 0.5) is 4.79 Å². The smallest absolute Gasteiger partial charge is 0.410 e. The summed E-state index contributed by atoms with van der Waals surface area (Å²) in [5, 5.41) is 0.0909. The maximum absolute atomic E-state index is 13.1. The lowest BCUT2D eigenvalue weighted by atomic mass is 9.91. The van der Waals surface area contributed by atoms with Crippen molar-refractivity contribution in [3.63, 3.8) is 0 Å². The number of rotatable bonds is 5. The van der Waals surface area contributed by atoms with E-state index < -0.39 is 13.9 Å². The molecule has 3 rings (SSSR count). The minimum Gasteiger partial charge on any atom is -0.444 e. The highest BCUT2D eigenvalue weighted by atomic mass is 28.4. The zero-order valence-corrected chi connectivity index (χ0v) is 22.0. The quantitative estimate of drug-likeness (QED) is 0.448. The number of hydrogen-bond donors (Lipinski definition) is 0. The van der Waals surface area contributed by atoms with Gasteiger partial charge >= 0.3 is 6.09 Å². The first-order valence-electron chi connectivity index (χ1n) is 11.7. The fourth-order valence-corrected chi connectivity index (χ4v) is 5.57. The lowest BCUT2D eigenvalue weighted by molar-refractivity contribution is -0.150. The first-order chi connectivity index (χ1) is 14.7. The lowest BCUT2D eigenvalue weighted by Gasteiger charge is -2.46. The van der Waals surface area contributed by atoms with Crippen molar-refractivity contribution >= 4 is 20.3 Å². The molecule has 0 aromatic heterocycles. The van der Waals surface area contributed by atoms with Gasteiger partial charge in [0.15, 0.2) is 8.32 Å². The number of likely N-dealkylation sites (tertiary alicyclic amines) is 2. The van der Waals surface area contributed by atoms with Gasteiger partial charge in [0, 0.05) is 19.5 Å². The highest BCUT2D eigenvalue weighted by Crippen LogP contribution is 2.41. The van der Waals surface area contributed by atoms with Crippen LogP contribution in [-0.2, 0) is 20.5 Å². The third-order valence-corrected chi connectivity index (χ3v) is 11.5. The lowest BCUT2D eigenvalue weighted by Crippen LogP contribution is -2.61. The van der Waals surface area contributed by atoms with Gasteiger partial charge in [-0.15, -0.1) is 0 Å². The van der Waals surface area contributed by atoms with Crippen LogP contribution in [-0.4, -0.2) is 60.5 Å². The van der Waals surface area contributed by atoms with E-state index in [1.54, 1.807) is 0 Å². The fraction of sp³-hybridized carbons (Fsp3) is 0.680. The van der Waals surface area contributed by atoms with E-state index in [2.05, 4.69) is 33.9 Å². The van der Waals surface area contributed by atoms with Crippen molar-refractivity contribution in [2.24, 2.45) is 0 Å². The van der Waals surface area contributed by atoms with Gasteiger partial charge in [-0.1, -0.05) is 51.1 Å². The molecule has 178 valence electrons. The van der Waals surface area contributed by atoms with Gasteiger partial charge in [-0.3, -0.25) is 4.79 Å². The number of ether oxygens (including phenoxy) is 1. The molecule has 2 aliphatic rings. The Labute approximate surface area is 194 Å². The van der Waals surface area contributed by atoms with Crippen LogP contribution >= 0.6 is 0 Å². The monoisotopic (exact) mass is 460 g/mol. The summed E-state index contributed by atoms with van der Waals surface area (Å²) in [6.45, 7) is 17.9. The second-order valence-corrected chi connectivity index (χ2v) is 16.5. The minimum atomic E-state index is -1.99. The Bertz CT molecular complexity index is 829. The predicted octanol–water partition coefficient (Wildman–Crippen LogP) is 5.19. The SMILES string of the molecule is CC(C)(C)OC(=O)N1C[C@H](O[Si](C)(C)C(C)(C)C)C[C@H]1[C@@H]1CC(=O)N1Cc1ccccc1. The molecule has 7 heteroatoms. The Kier molecular flexibility index (Phi) is 6.83. The van der Waals surface area contributed by atoms with Crippen LogP contribution < -0.4 is 0 Å². The Morgan fingerprint density at radius 1 is 1.06 bits per heavy atom. The standard InChI is InChI=1S/C25H40N2O4Si/c1-24(2,3)30-23(29)27-17-19(31-32(7,8)25(4,5)6)14-20(27)21-15-22(28)26(21)16-18-12-10-9-11-13-18/h9-13,19-21H,14-17H2,1-8H3/t19-,20+,21+/m1/s1. The van der Waals surface area contributed by atoms with E-state index in [-0.39, 0.29) is 35.2 Å². The number of hydrogen-bond acceptors (Lipinski definition) is 4. The summed E-state index contributed by atoms with van der Waals surface area (Å²) >= 11 is 0. The van der Waals surface area contributed by atoms with Gasteiger partial charge in [0.2, 0.25) is 5.91 Å². The van der Waals surface area contributed by atoms with Crippen LogP contribution in [0.25, 0.3) is 0 Å². The molecule has 1 aromatic carbocycles. The zero-order valence-electron chi connectivity index (χ0n) is 21.0. The average molecular weight is 461 g/mol. The van der Waals surface area contributed by atoms with Crippen molar-refractivity contribution in [1.29, 1.82) is 0 Å². The van der Waals surface area contributed by atoms with E-state index in [1.165, 1.54) is 0 Å². The maximum atomic E-state index is 13.1. The number of nitrogens with zero attached hydrogens (tertiary/aromatic N) is 2. The van der Waals surface area contributed by atoms with E-state index >= 15 is 0 Å². The van der Waals surface area contributed by atoms with E-state index in [0.29, 0.717) is 19.5 Å². The van der Waals surface area contributed by atoms with Gasteiger partial charge in [-0.25, -0.2) is 4.79 Å². The van der Waals surface area contributed by atoms with E-state index in [4.69, 9.17) is 9.16 Å². The Morgan fingerprint density at radius 3 is 2.22 bits per heavy atom. The van der Waals surface area contributed by atoms with Crippen LogP contribution in [0.5, 0.6) is 0 Å². The summed E-state index contributed by atoms with van der Waals surface area (Å²) in [7, 11) is -1.99. The van der Waals surface area contributed by atoms with Crippen molar-refractivity contribution in [2.75, 3.05) is 6.54 Å². The molecule has 3 atom stereocenters. The van der Waals surface area contributed by atoms with Crippen molar-refractivity contribution < 1.29 is 18.8 Å². The van der Waals surface area contributed by atoms with Crippen LogP contribution in [0.2, 0.25) is 18.1 Å². The number of carbonyl (C=O) groups is 2. The third-order valence-electron chi connectivity index (χ3n) is 6.94. The number of carbonyl (C=O) groups excluding carboxylic acids is 2. The number of β-lactam (4-membered cyclic amide) rings is 1. The topological polar surface area (TPSA) is 59.1 Å². The van der Waals surface area contributed by atoms with Gasteiger partial charge in [0.1, 0.15) is 5.60 Å². The Morgan fingerprint density at radius 2 is 1.69 bits per heavy atom. The first-order valence-corrected chi connectivity index (χ1v) is 14.6. The molecule has 2 aliphatic heterocycles. The molecular formula is C25H40N2O4Si. The molecule has 0 unspecified atom stereocenters. The van der Waals surface area contributed by atoms with Gasteiger partial charge in [-0.05, 0) is 50.9 Å². The molecule has 0 bridgehead atoms. The van der Waals surface area contributed by atoms with Crippen LogP contribution in [0.3, 0.4) is 0 Å². The molecule has 0 spiro atoms. The molecule has 0 N–H and O–H groups in total. The summed E-state index contributed by atoms with van der Waals surface area (Å²) in [5.74, 6) is 0.136. The zero-order chi connectivity index (χ0) is 23.9. The third kappa shape index (κ3) is 5.54. The molecule has 6 nitrogen and oxygen atoms in total. The van der Waals surface area contributed by atoms with Gasteiger partial charge in [0.05, 0.1) is 18.2 Å². The van der Waals surface area contributed by atoms with Gasteiger partial charge in [-0.2, -0.15) is 0 Å². The number of amides is 2. The summed E-state index contributed by atoms with van der Waals surface area (Å²) in [5.41, 5.74) is 0.528. The van der Waals surface area contributed by atoms with Crippen molar-refractivity contribution in [3.8, 4) is 0 Å². The molecular weight excluding hydrogens is 420 g/mol. The molecule has 2 heterocycles. The van der Waals surface area contributed by atoms with Crippen LogP contribution in [0.15, 0.2) is 30.3 Å². The fourth-order valence-electron chi connectivity index (χ4n) is 4.21. The molecule has 0 saturated carbocycles.